The minimum atomic E-state index is -0.385. The normalized spacial score (nSPS) is 22.2. The number of carbonyl (C=O) groups is 2. The molecule has 182 valence electrons. The molecule has 0 bridgehead atoms. The third-order valence-corrected chi connectivity index (χ3v) is 6.63. The summed E-state index contributed by atoms with van der Waals surface area (Å²) >= 11 is 0. The van der Waals surface area contributed by atoms with Gasteiger partial charge in [-0.2, -0.15) is 4.98 Å². The number of hydrogen-bond donors (Lipinski definition) is 1. The zero-order chi connectivity index (χ0) is 24.2. The standard InChI is InChI=1S/C26H27FN4O4/c27-20-8-4-5-17(13-20)14-23(32)28-22-16-19(26(33)31-9-11-34-12-10-31)15-21(22)25-29-24(30-35-25)18-6-2-1-3-7-18/h1-8,13,19,21-22H,9-12,14-16H2,(H,28,32)/t19-,21-,22+/m1/s1. The van der Waals surface area contributed by atoms with Gasteiger partial charge < -0.3 is 19.5 Å². The van der Waals surface area contributed by atoms with Crippen LogP contribution in [0.4, 0.5) is 4.39 Å². The number of amides is 2. The molecule has 1 N–H and O–H groups in total. The Bertz CT molecular complexity index is 1180. The molecule has 2 aromatic carbocycles. The molecule has 5 rings (SSSR count). The third kappa shape index (κ3) is 5.40. The maximum Gasteiger partial charge on any atom is 0.232 e. The summed E-state index contributed by atoms with van der Waals surface area (Å²) < 4.78 is 24.5. The van der Waals surface area contributed by atoms with Crippen LogP contribution in [-0.4, -0.2) is 59.2 Å². The molecule has 1 aromatic heterocycles. The lowest BCUT2D eigenvalue weighted by atomic mass is 10.0. The van der Waals surface area contributed by atoms with E-state index >= 15 is 0 Å². The van der Waals surface area contributed by atoms with Gasteiger partial charge in [0.2, 0.25) is 23.5 Å². The molecule has 2 amide bonds. The molecule has 3 atom stereocenters. The summed E-state index contributed by atoms with van der Waals surface area (Å²) in [4.78, 5) is 32.5. The van der Waals surface area contributed by atoms with Crippen LogP contribution < -0.4 is 5.32 Å². The second-order valence-electron chi connectivity index (χ2n) is 9.02. The predicted molar refractivity (Wildman–Crippen MR) is 125 cm³/mol. The van der Waals surface area contributed by atoms with Crippen LogP contribution in [0.5, 0.6) is 0 Å². The molecular weight excluding hydrogens is 451 g/mol. The molecule has 2 heterocycles. The molecule has 1 saturated heterocycles. The fourth-order valence-corrected chi connectivity index (χ4v) is 4.89. The van der Waals surface area contributed by atoms with E-state index in [0.29, 0.717) is 56.4 Å². The van der Waals surface area contributed by atoms with E-state index in [1.54, 1.807) is 12.1 Å². The van der Waals surface area contributed by atoms with Gasteiger partial charge >= 0.3 is 0 Å². The number of hydrogen-bond acceptors (Lipinski definition) is 6. The Hall–Kier alpha value is -3.59. The maximum atomic E-state index is 13.6. The van der Waals surface area contributed by atoms with Crippen molar-refractivity contribution in [3.05, 3.63) is 71.9 Å². The van der Waals surface area contributed by atoms with Crippen LogP contribution in [0.1, 0.15) is 30.2 Å². The van der Waals surface area contributed by atoms with Gasteiger partial charge in [0.1, 0.15) is 5.82 Å². The fourth-order valence-electron chi connectivity index (χ4n) is 4.89. The van der Waals surface area contributed by atoms with Gasteiger partial charge in [0, 0.05) is 30.6 Å². The van der Waals surface area contributed by atoms with Crippen molar-refractivity contribution in [3.8, 4) is 11.4 Å². The van der Waals surface area contributed by atoms with Crippen LogP contribution in [0.25, 0.3) is 11.4 Å². The highest BCUT2D eigenvalue weighted by Crippen LogP contribution is 2.39. The quantitative estimate of drug-likeness (QED) is 0.585. The Labute approximate surface area is 202 Å². The van der Waals surface area contributed by atoms with Crippen LogP contribution in [0, 0.1) is 11.7 Å². The van der Waals surface area contributed by atoms with E-state index < -0.39 is 0 Å². The number of rotatable bonds is 6. The van der Waals surface area contributed by atoms with E-state index in [1.165, 1.54) is 12.1 Å². The first-order chi connectivity index (χ1) is 17.1. The van der Waals surface area contributed by atoms with Crippen LogP contribution in [0.2, 0.25) is 0 Å². The summed E-state index contributed by atoms with van der Waals surface area (Å²) in [6.45, 7) is 2.18. The zero-order valence-corrected chi connectivity index (χ0v) is 19.2. The molecule has 35 heavy (non-hydrogen) atoms. The second kappa shape index (κ2) is 10.4. The van der Waals surface area contributed by atoms with E-state index in [9.17, 15) is 14.0 Å². The van der Waals surface area contributed by atoms with Crippen LogP contribution in [-0.2, 0) is 20.7 Å². The van der Waals surface area contributed by atoms with Gasteiger partial charge in [-0.05, 0) is 30.5 Å². The lowest BCUT2D eigenvalue weighted by Gasteiger charge is -2.29. The largest absolute Gasteiger partial charge is 0.378 e. The van der Waals surface area contributed by atoms with Crippen molar-refractivity contribution in [2.45, 2.75) is 31.2 Å². The van der Waals surface area contributed by atoms with Gasteiger partial charge in [-0.25, -0.2) is 4.39 Å². The Morgan fingerprint density at radius 1 is 1.06 bits per heavy atom. The topological polar surface area (TPSA) is 97.6 Å². The Morgan fingerprint density at radius 2 is 1.86 bits per heavy atom. The molecule has 3 aromatic rings. The highest BCUT2D eigenvalue weighted by atomic mass is 19.1. The number of aromatic nitrogens is 2. The van der Waals surface area contributed by atoms with E-state index in [4.69, 9.17) is 9.26 Å². The van der Waals surface area contributed by atoms with Gasteiger partial charge in [0.25, 0.3) is 0 Å². The summed E-state index contributed by atoms with van der Waals surface area (Å²) in [6.07, 6.45) is 1.01. The molecule has 1 aliphatic carbocycles. The number of ether oxygens (including phenoxy) is 1. The van der Waals surface area contributed by atoms with Gasteiger partial charge in [-0.3, -0.25) is 9.59 Å². The second-order valence-corrected chi connectivity index (χ2v) is 9.02. The number of carbonyl (C=O) groups excluding carboxylic acids is 2. The highest BCUT2D eigenvalue weighted by Gasteiger charge is 2.43. The molecule has 1 saturated carbocycles. The van der Waals surface area contributed by atoms with Gasteiger partial charge in [0.05, 0.1) is 25.6 Å². The lowest BCUT2D eigenvalue weighted by molar-refractivity contribution is -0.139. The first-order valence-corrected chi connectivity index (χ1v) is 11.9. The fraction of sp³-hybridized carbons (Fsp3) is 0.385. The summed E-state index contributed by atoms with van der Waals surface area (Å²) in [6, 6.07) is 15.1. The van der Waals surface area contributed by atoms with Crippen molar-refractivity contribution in [3.63, 3.8) is 0 Å². The van der Waals surface area contributed by atoms with Crippen molar-refractivity contribution >= 4 is 11.8 Å². The summed E-state index contributed by atoms with van der Waals surface area (Å²) in [5.41, 5.74) is 1.41. The van der Waals surface area contributed by atoms with Gasteiger partial charge in [0.15, 0.2) is 0 Å². The third-order valence-electron chi connectivity index (χ3n) is 6.63. The minimum absolute atomic E-state index is 0.0438. The Morgan fingerprint density at radius 3 is 2.63 bits per heavy atom. The Kier molecular flexibility index (Phi) is 6.85. The van der Waals surface area contributed by atoms with Crippen molar-refractivity contribution in [1.82, 2.24) is 20.4 Å². The van der Waals surface area contributed by atoms with E-state index in [0.717, 1.165) is 5.56 Å². The predicted octanol–water partition coefficient (Wildman–Crippen LogP) is 2.96. The number of halogens is 1. The summed E-state index contributed by atoms with van der Waals surface area (Å²) in [7, 11) is 0. The average Bonchev–Trinajstić information content (AvgIpc) is 3.52. The summed E-state index contributed by atoms with van der Waals surface area (Å²) in [5, 5.41) is 7.18. The van der Waals surface area contributed by atoms with Crippen LogP contribution >= 0.6 is 0 Å². The molecule has 2 aliphatic rings. The van der Waals surface area contributed by atoms with E-state index in [-0.39, 0.29) is 41.9 Å². The van der Waals surface area contributed by atoms with Crippen molar-refractivity contribution < 1.29 is 23.2 Å². The molecule has 0 spiro atoms. The molecule has 9 heteroatoms. The molecular formula is C26H27FN4O4. The van der Waals surface area contributed by atoms with Crippen LogP contribution in [0.3, 0.4) is 0 Å². The average molecular weight is 479 g/mol. The molecule has 1 aliphatic heterocycles. The Balaban J connectivity index is 1.34. The molecule has 2 fully saturated rings. The number of morpholine rings is 1. The molecule has 0 radical (unpaired) electrons. The molecule has 8 nitrogen and oxygen atoms in total. The van der Waals surface area contributed by atoms with E-state index in [2.05, 4.69) is 15.5 Å². The zero-order valence-electron chi connectivity index (χ0n) is 19.2. The number of benzene rings is 2. The molecule has 0 unspecified atom stereocenters. The first kappa shape index (κ1) is 23.2. The highest BCUT2D eigenvalue weighted by molar-refractivity contribution is 5.81. The SMILES string of the molecule is O=C(Cc1cccc(F)c1)N[C@H]1C[C@H](C(=O)N2CCOCC2)C[C@H]1c1nc(-c2ccccc2)no1. The van der Waals surface area contributed by atoms with Crippen molar-refractivity contribution in [2.24, 2.45) is 5.92 Å². The van der Waals surface area contributed by atoms with Crippen LogP contribution in [0.15, 0.2) is 59.1 Å². The summed E-state index contributed by atoms with van der Waals surface area (Å²) in [5.74, 6) is -0.276. The maximum absolute atomic E-state index is 13.6. The van der Waals surface area contributed by atoms with Crippen molar-refractivity contribution in [2.75, 3.05) is 26.3 Å². The number of nitrogens with one attached hydrogen (secondary N) is 1. The first-order valence-electron chi connectivity index (χ1n) is 11.9. The number of nitrogens with zero attached hydrogens (tertiary/aromatic N) is 3. The van der Waals surface area contributed by atoms with Gasteiger partial charge in [-0.1, -0.05) is 47.6 Å². The van der Waals surface area contributed by atoms with E-state index in [1.807, 2.05) is 35.2 Å². The minimum Gasteiger partial charge on any atom is -0.378 e. The smallest absolute Gasteiger partial charge is 0.232 e. The lowest BCUT2D eigenvalue weighted by Crippen LogP contribution is -2.43. The van der Waals surface area contributed by atoms with Gasteiger partial charge in [-0.15, -0.1) is 0 Å². The van der Waals surface area contributed by atoms with Crippen molar-refractivity contribution in [1.29, 1.82) is 0 Å². The monoisotopic (exact) mass is 478 g/mol.